The molecule has 0 fully saturated rings. The molecule has 1 aromatic heterocycles. The third-order valence-electron chi connectivity index (χ3n) is 2.09. The molecule has 1 N–H and O–H groups in total. The lowest BCUT2D eigenvalue weighted by Crippen LogP contribution is -1.93. The van der Waals surface area contributed by atoms with Crippen molar-refractivity contribution in [3.05, 3.63) is 53.3 Å². The zero-order chi connectivity index (χ0) is 12.3. The van der Waals surface area contributed by atoms with Crippen molar-refractivity contribution in [1.82, 2.24) is 9.78 Å². The van der Waals surface area contributed by atoms with Crippen LogP contribution in [0.1, 0.15) is 5.56 Å². The average molecular weight is 249 g/mol. The maximum Gasteiger partial charge on any atom is 0.328 e. The van der Waals surface area contributed by atoms with Gasteiger partial charge in [-0.15, -0.1) is 0 Å². The molecule has 1 heterocycles. The Morgan fingerprint density at radius 1 is 1.47 bits per heavy atom. The highest BCUT2D eigenvalue weighted by Gasteiger charge is 1.99. The van der Waals surface area contributed by atoms with E-state index >= 15 is 0 Å². The molecule has 0 amide bonds. The molecule has 2 aromatic rings. The molecule has 86 valence electrons. The summed E-state index contributed by atoms with van der Waals surface area (Å²) >= 11 is 5.87. The van der Waals surface area contributed by atoms with Crippen molar-refractivity contribution in [2.24, 2.45) is 0 Å². The van der Waals surface area contributed by atoms with E-state index in [1.807, 2.05) is 12.1 Å². The molecular formula is C12H9ClN2O2. The van der Waals surface area contributed by atoms with Gasteiger partial charge < -0.3 is 5.11 Å². The molecule has 5 heteroatoms. The molecule has 0 atom stereocenters. The van der Waals surface area contributed by atoms with Gasteiger partial charge in [0.1, 0.15) is 0 Å². The fraction of sp³-hybridized carbons (Fsp3) is 0. The lowest BCUT2D eigenvalue weighted by Gasteiger charge is -2.00. The third-order valence-corrected chi connectivity index (χ3v) is 2.33. The highest BCUT2D eigenvalue weighted by atomic mass is 35.5. The summed E-state index contributed by atoms with van der Waals surface area (Å²) in [5, 5.41) is 13.2. The molecule has 17 heavy (non-hydrogen) atoms. The maximum atomic E-state index is 10.4. The van der Waals surface area contributed by atoms with Crippen LogP contribution in [0.3, 0.4) is 0 Å². The van der Waals surface area contributed by atoms with E-state index < -0.39 is 5.97 Å². The number of rotatable bonds is 3. The predicted molar refractivity (Wildman–Crippen MR) is 65.2 cm³/mol. The van der Waals surface area contributed by atoms with Gasteiger partial charge in [0.25, 0.3) is 0 Å². The molecule has 0 aliphatic rings. The Kier molecular flexibility index (Phi) is 3.25. The van der Waals surface area contributed by atoms with Crippen LogP contribution >= 0.6 is 11.6 Å². The molecule has 0 saturated carbocycles. The van der Waals surface area contributed by atoms with Crippen LogP contribution in [0.25, 0.3) is 11.8 Å². The lowest BCUT2D eigenvalue weighted by atomic mass is 10.3. The molecule has 4 nitrogen and oxygen atoms in total. The zero-order valence-electron chi connectivity index (χ0n) is 8.75. The minimum Gasteiger partial charge on any atom is -0.478 e. The number of aliphatic carboxylic acids is 1. The van der Waals surface area contributed by atoms with Gasteiger partial charge in [-0.1, -0.05) is 17.7 Å². The highest BCUT2D eigenvalue weighted by molar-refractivity contribution is 6.30. The number of aromatic nitrogens is 2. The maximum absolute atomic E-state index is 10.4. The fourth-order valence-electron chi connectivity index (χ4n) is 1.35. The van der Waals surface area contributed by atoms with E-state index in [2.05, 4.69) is 5.10 Å². The van der Waals surface area contributed by atoms with Gasteiger partial charge in [-0.3, -0.25) is 0 Å². The van der Waals surface area contributed by atoms with E-state index in [1.165, 1.54) is 6.08 Å². The minimum absolute atomic E-state index is 0.626. The molecule has 0 bridgehead atoms. The SMILES string of the molecule is O=C(O)C=Cc1cnn(-c2cccc(Cl)c2)c1. The van der Waals surface area contributed by atoms with E-state index in [-0.39, 0.29) is 0 Å². The Hall–Kier alpha value is -2.07. The van der Waals surface area contributed by atoms with Gasteiger partial charge in [0.15, 0.2) is 0 Å². The van der Waals surface area contributed by atoms with Crippen molar-refractivity contribution in [1.29, 1.82) is 0 Å². The summed E-state index contributed by atoms with van der Waals surface area (Å²) in [6.07, 6.45) is 5.86. The largest absolute Gasteiger partial charge is 0.478 e. The van der Waals surface area contributed by atoms with Crippen molar-refractivity contribution in [2.75, 3.05) is 0 Å². The molecule has 0 radical (unpaired) electrons. The van der Waals surface area contributed by atoms with E-state index in [1.54, 1.807) is 29.2 Å². The van der Waals surface area contributed by atoms with Gasteiger partial charge in [0.05, 0.1) is 11.9 Å². The van der Waals surface area contributed by atoms with Crippen molar-refractivity contribution in [3.63, 3.8) is 0 Å². The Labute approximate surface area is 103 Å². The van der Waals surface area contributed by atoms with Crippen LogP contribution in [0, 0.1) is 0 Å². The summed E-state index contributed by atoms with van der Waals surface area (Å²) in [6, 6.07) is 7.24. The van der Waals surface area contributed by atoms with Crippen LogP contribution in [-0.4, -0.2) is 20.9 Å². The van der Waals surface area contributed by atoms with Crippen LogP contribution < -0.4 is 0 Å². The fourth-order valence-corrected chi connectivity index (χ4v) is 1.53. The number of benzene rings is 1. The quantitative estimate of drug-likeness (QED) is 0.850. The highest BCUT2D eigenvalue weighted by Crippen LogP contribution is 2.14. The van der Waals surface area contributed by atoms with Crippen molar-refractivity contribution in [2.45, 2.75) is 0 Å². The third kappa shape index (κ3) is 2.95. The van der Waals surface area contributed by atoms with E-state index in [9.17, 15) is 4.79 Å². The molecular weight excluding hydrogens is 240 g/mol. The van der Waals surface area contributed by atoms with Gasteiger partial charge in [0.2, 0.25) is 0 Å². The Bertz CT molecular complexity index is 575. The molecule has 0 saturated heterocycles. The van der Waals surface area contributed by atoms with Gasteiger partial charge >= 0.3 is 5.97 Å². The molecule has 0 spiro atoms. The van der Waals surface area contributed by atoms with Crippen LogP contribution in [0.15, 0.2) is 42.7 Å². The van der Waals surface area contributed by atoms with Gasteiger partial charge in [-0.05, 0) is 24.3 Å². The number of carbonyl (C=O) groups is 1. The monoisotopic (exact) mass is 248 g/mol. The molecule has 0 unspecified atom stereocenters. The first-order valence-corrected chi connectivity index (χ1v) is 5.24. The zero-order valence-corrected chi connectivity index (χ0v) is 9.50. The first-order chi connectivity index (χ1) is 8.15. The summed E-state index contributed by atoms with van der Waals surface area (Å²) < 4.78 is 1.63. The minimum atomic E-state index is -0.986. The van der Waals surface area contributed by atoms with Gasteiger partial charge in [-0.25, -0.2) is 9.48 Å². The average Bonchev–Trinajstić information content (AvgIpc) is 2.75. The molecule has 0 aliphatic carbocycles. The molecule has 1 aromatic carbocycles. The standard InChI is InChI=1S/C12H9ClN2O2/c13-10-2-1-3-11(6-10)15-8-9(7-14-15)4-5-12(16)17/h1-8H,(H,16,17). The second kappa shape index (κ2) is 4.84. The predicted octanol–water partition coefficient (Wildman–Crippen LogP) is 2.62. The number of hydrogen-bond donors (Lipinski definition) is 1. The smallest absolute Gasteiger partial charge is 0.328 e. The van der Waals surface area contributed by atoms with Crippen molar-refractivity contribution < 1.29 is 9.90 Å². The van der Waals surface area contributed by atoms with Crippen LogP contribution in [0.5, 0.6) is 0 Å². The van der Waals surface area contributed by atoms with Crippen LogP contribution in [-0.2, 0) is 4.79 Å². The first-order valence-electron chi connectivity index (χ1n) is 4.87. The molecule has 0 aliphatic heterocycles. The second-order valence-electron chi connectivity index (χ2n) is 3.37. The van der Waals surface area contributed by atoms with Crippen molar-refractivity contribution in [3.8, 4) is 5.69 Å². The number of halogens is 1. The summed E-state index contributed by atoms with van der Waals surface area (Å²) in [4.78, 5) is 10.4. The Morgan fingerprint density at radius 2 is 2.29 bits per heavy atom. The Morgan fingerprint density at radius 3 is 3.00 bits per heavy atom. The number of nitrogens with zero attached hydrogens (tertiary/aromatic N) is 2. The summed E-state index contributed by atoms with van der Waals surface area (Å²) in [7, 11) is 0. The number of carboxylic acids is 1. The normalized spacial score (nSPS) is 10.9. The summed E-state index contributed by atoms with van der Waals surface area (Å²) in [6.45, 7) is 0. The number of carboxylic acid groups (broad SMARTS) is 1. The lowest BCUT2D eigenvalue weighted by molar-refractivity contribution is -0.131. The van der Waals surface area contributed by atoms with Gasteiger partial charge in [0, 0.05) is 22.9 Å². The second-order valence-corrected chi connectivity index (χ2v) is 3.81. The van der Waals surface area contributed by atoms with Crippen molar-refractivity contribution >= 4 is 23.6 Å². The molecule has 2 rings (SSSR count). The van der Waals surface area contributed by atoms with E-state index in [0.29, 0.717) is 10.6 Å². The first kappa shape index (κ1) is 11.4. The topological polar surface area (TPSA) is 55.1 Å². The van der Waals surface area contributed by atoms with E-state index in [4.69, 9.17) is 16.7 Å². The van der Waals surface area contributed by atoms with Crippen LogP contribution in [0.4, 0.5) is 0 Å². The summed E-state index contributed by atoms with van der Waals surface area (Å²) in [5.41, 5.74) is 1.54. The Balaban J connectivity index is 2.27. The number of hydrogen-bond acceptors (Lipinski definition) is 2. The van der Waals surface area contributed by atoms with E-state index in [0.717, 1.165) is 11.8 Å². The van der Waals surface area contributed by atoms with Gasteiger partial charge in [-0.2, -0.15) is 5.10 Å². The van der Waals surface area contributed by atoms with Crippen LogP contribution in [0.2, 0.25) is 5.02 Å². The summed E-state index contributed by atoms with van der Waals surface area (Å²) in [5.74, 6) is -0.986.